The van der Waals surface area contributed by atoms with Crippen molar-refractivity contribution in [3.63, 3.8) is 0 Å². The van der Waals surface area contributed by atoms with Gasteiger partial charge in [0, 0.05) is 6.20 Å². The Morgan fingerprint density at radius 1 is 1.47 bits per heavy atom. The molecule has 0 bridgehead atoms. The van der Waals surface area contributed by atoms with Gasteiger partial charge in [-0.05, 0) is 44.5 Å². The Kier molecular flexibility index (Phi) is 3.37. The Bertz CT molecular complexity index is 322. The summed E-state index contributed by atoms with van der Waals surface area (Å²) in [5.41, 5.74) is 2.63. The Labute approximate surface area is 92.3 Å². The largest absolute Gasteiger partial charge is 0.295 e. The molecule has 1 aromatic rings. The van der Waals surface area contributed by atoms with Crippen LogP contribution in [0.1, 0.15) is 43.5 Å². The van der Waals surface area contributed by atoms with Crippen molar-refractivity contribution in [3.8, 4) is 0 Å². The first-order valence-corrected chi connectivity index (χ1v) is 5.98. The Hall–Kier alpha value is -0.890. The van der Waals surface area contributed by atoms with Gasteiger partial charge in [0.25, 0.3) is 0 Å². The molecule has 1 atom stereocenters. The van der Waals surface area contributed by atoms with Gasteiger partial charge in [0.1, 0.15) is 0 Å². The molecule has 0 saturated carbocycles. The predicted octanol–water partition coefficient (Wildman–Crippen LogP) is 2.94. The molecule has 1 aliphatic heterocycles. The van der Waals surface area contributed by atoms with Gasteiger partial charge in [-0.2, -0.15) is 0 Å². The molecule has 0 N–H and O–H groups in total. The molecule has 0 radical (unpaired) electrons. The van der Waals surface area contributed by atoms with E-state index >= 15 is 0 Å². The van der Waals surface area contributed by atoms with Crippen molar-refractivity contribution in [1.82, 2.24) is 9.88 Å². The zero-order valence-electron chi connectivity index (χ0n) is 9.74. The highest BCUT2D eigenvalue weighted by atomic mass is 15.2. The van der Waals surface area contributed by atoms with Crippen LogP contribution in [0.5, 0.6) is 0 Å². The standard InChI is InChI=1S/C13H20N2/c1-3-15-10-5-4-8-12(15)13-11(2)7-6-9-14-13/h6-7,9,12H,3-5,8,10H2,1-2H3/t12-/m0/s1. The van der Waals surface area contributed by atoms with Gasteiger partial charge in [0.15, 0.2) is 0 Å². The maximum absolute atomic E-state index is 4.56. The summed E-state index contributed by atoms with van der Waals surface area (Å²) in [5.74, 6) is 0. The molecule has 2 nitrogen and oxygen atoms in total. The van der Waals surface area contributed by atoms with Gasteiger partial charge in [0.05, 0.1) is 11.7 Å². The van der Waals surface area contributed by atoms with Crippen LogP contribution in [0.3, 0.4) is 0 Å². The number of pyridine rings is 1. The number of hydrogen-bond acceptors (Lipinski definition) is 2. The van der Waals surface area contributed by atoms with Crippen LogP contribution in [0.15, 0.2) is 18.3 Å². The average molecular weight is 204 g/mol. The molecule has 82 valence electrons. The molecule has 15 heavy (non-hydrogen) atoms. The summed E-state index contributed by atoms with van der Waals surface area (Å²) in [7, 11) is 0. The number of rotatable bonds is 2. The molecule has 2 heterocycles. The van der Waals surface area contributed by atoms with Crippen molar-refractivity contribution in [2.24, 2.45) is 0 Å². The van der Waals surface area contributed by atoms with Crippen LogP contribution in [-0.2, 0) is 0 Å². The van der Waals surface area contributed by atoms with Crippen LogP contribution in [-0.4, -0.2) is 23.0 Å². The van der Waals surface area contributed by atoms with Crippen LogP contribution in [0.25, 0.3) is 0 Å². The maximum atomic E-state index is 4.56. The molecule has 0 spiro atoms. The van der Waals surface area contributed by atoms with Gasteiger partial charge in [-0.3, -0.25) is 9.88 Å². The Morgan fingerprint density at radius 2 is 2.33 bits per heavy atom. The summed E-state index contributed by atoms with van der Waals surface area (Å²) in [6, 6.07) is 4.76. The summed E-state index contributed by atoms with van der Waals surface area (Å²) in [5, 5.41) is 0. The fraction of sp³-hybridized carbons (Fsp3) is 0.615. The number of aryl methyl sites for hydroxylation is 1. The van der Waals surface area contributed by atoms with Crippen molar-refractivity contribution in [1.29, 1.82) is 0 Å². The topological polar surface area (TPSA) is 16.1 Å². The lowest BCUT2D eigenvalue weighted by Crippen LogP contribution is -2.34. The Balaban J connectivity index is 2.24. The molecule has 1 saturated heterocycles. The minimum atomic E-state index is 0.560. The molecular formula is C13H20N2. The van der Waals surface area contributed by atoms with Gasteiger partial charge in [0.2, 0.25) is 0 Å². The highest BCUT2D eigenvalue weighted by molar-refractivity contribution is 5.21. The minimum Gasteiger partial charge on any atom is -0.295 e. The van der Waals surface area contributed by atoms with Gasteiger partial charge in [-0.1, -0.05) is 19.4 Å². The van der Waals surface area contributed by atoms with E-state index in [0.717, 1.165) is 6.54 Å². The van der Waals surface area contributed by atoms with E-state index in [9.17, 15) is 0 Å². The van der Waals surface area contributed by atoms with Crippen molar-refractivity contribution in [2.45, 2.75) is 39.2 Å². The SMILES string of the molecule is CCN1CCCC[C@H]1c1ncccc1C. The number of piperidine rings is 1. The van der Waals surface area contributed by atoms with Crippen molar-refractivity contribution in [2.75, 3.05) is 13.1 Å². The molecule has 1 aromatic heterocycles. The third-order valence-electron chi connectivity index (χ3n) is 3.39. The first kappa shape index (κ1) is 10.6. The number of likely N-dealkylation sites (tertiary alicyclic amines) is 1. The third kappa shape index (κ3) is 2.20. The molecule has 0 aromatic carbocycles. The van der Waals surface area contributed by atoms with Crippen LogP contribution < -0.4 is 0 Å². The predicted molar refractivity (Wildman–Crippen MR) is 62.8 cm³/mol. The van der Waals surface area contributed by atoms with E-state index in [1.165, 1.54) is 37.1 Å². The van der Waals surface area contributed by atoms with E-state index < -0.39 is 0 Å². The minimum absolute atomic E-state index is 0.560. The maximum Gasteiger partial charge on any atom is 0.0604 e. The van der Waals surface area contributed by atoms with Crippen molar-refractivity contribution >= 4 is 0 Å². The second-order valence-electron chi connectivity index (χ2n) is 4.35. The highest BCUT2D eigenvalue weighted by Gasteiger charge is 2.24. The van der Waals surface area contributed by atoms with Crippen molar-refractivity contribution in [3.05, 3.63) is 29.6 Å². The number of hydrogen-bond donors (Lipinski definition) is 0. The molecule has 1 fully saturated rings. The molecule has 1 aliphatic rings. The highest BCUT2D eigenvalue weighted by Crippen LogP contribution is 2.30. The van der Waals surface area contributed by atoms with E-state index in [2.05, 4.69) is 29.8 Å². The fourth-order valence-corrected chi connectivity index (χ4v) is 2.53. The quantitative estimate of drug-likeness (QED) is 0.736. The monoisotopic (exact) mass is 204 g/mol. The van der Waals surface area contributed by atoms with E-state index in [4.69, 9.17) is 0 Å². The molecule has 2 rings (SSSR count). The summed E-state index contributed by atoms with van der Waals surface area (Å²) in [4.78, 5) is 7.11. The molecule has 0 aliphatic carbocycles. The number of aromatic nitrogens is 1. The van der Waals surface area contributed by atoms with E-state index in [1.807, 2.05) is 12.3 Å². The van der Waals surface area contributed by atoms with Crippen LogP contribution in [0, 0.1) is 6.92 Å². The van der Waals surface area contributed by atoms with Crippen LogP contribution >= 0.6 is 0 Å². The Morgan fingerprint density at radius 3 is 3.07 bits per heavy atom. The number of nitrogens with zero attached hydrogens (tertiary/aromatic N) is 2. The molecule has 2 heteroatoms. The van der Waals surface area contributed by atoms with Crippen molar-refractivity contribution < 1.29 is 0 Å². The zero-order chi connectivity index (χ0) is 10.7. The lowest BCUT2D eigenvalue weighted by atomic mass is 9.96. The summed E-state index contributed by atoms with van der Waals surface area (Å²) < 4.78 is 0. The lowest BCUT2D eigenvalue weighted by molar-refractivity contribution is 0.153. The second-order valence-corrected chi connectivity index (χ2v) is 4.35. The van der Waals surface area contributed by atoms with Gasteiger partial charge < -0.3 is 0 Å². The summed E-state index contributed by atoms with van der Waals surface area (Å²) >= 11 is 0. The van der Waals surface area contributed by atoms with E-state index in [1.54, 1.807) is 0 Å². The second kappa shape index (κ2) is 4.75. The van der Waals surface area contributed by atoms with Gasteiger partial charge in [-0.25, -0.2) is 0 Å². The first-order chi connectivity index (χ1) is 7.33. The van der Waals surface area contributed by atoms with Gasteiger partial charge in [-0.15, -0.1) is 0 Å². The summed E-state index contributed by atoms with van der Waals surface area (Å²) in [6.07, 6.45) is 5.88. The van der Waals surface area contributed by atoms with E-state index in [0.29, 0.717) is 6.04 Å². The first-order valence-electron chi connectivity index (χ1n) is 5.98. The van der Waals surface area contributed by atoms with E-state index in [-0.39, 0.29) is 0 Å². The molecule has 0 unspecified atom stereocenters. The normalized spacial score (nSPS) is 22.9. The van der Waals surface area contributed by atoms with Crippen LogP contribution in [0.2, 0.25) is 0 Å². The third-order valence-corrected chi connectivity index (χ3v) is 3.39. The molecular weight excluding hydrogens is 184 g/mol. The molecule has 0 amide bonds. The smallest absolute Gasteiger partial charge is 0.0604 e. The average Bonchev–Trinajstić information content (AvgIpc) is 2.30. The zero-order valence-corrected chi connectivity index (χ0v) is 9.74. The lowest BCUT2D eigenvalue weighted by Gasteiger charge is -2.35. The fourth-order valence-electron chi connectivity index (χ4n) is 2.53. The summed E-state index contributed by atoms with van der Waals surface area (Å²) in [6.45, 7) is 6.79. The van der Waals surface area contributed by atoms with Crippen LogP contribution in [0.4, 0.5) is 0 Å². The van der Waals surface area contributed by atoms with Gasteiger partial charge >= 0.3 is 0 Å².